The first-order chi connectivity index (χ1) is 9.65. The standard InChI is InChI=1S/C15H19NO4/c1-19-13-6-4-10(9-14(13)20-2)3-5-12-11(15(17)18)7-8-16-12/h3-6,9,11-12,16H,7-8H2,1-2H3,(H,17,18)/b5-3+. The van der Waals surface area contributed by atoms with Crippen LogP contribution in [0.25, 0.3) is 6.08 Å². The first kappa shape index (κ1) is 14.4. The van der Waals surface area contributed by atoms with Crippen molar-refractivity contribution in [2.75, 3.05) is 20.8 Å². The van der Waals surface area contributed by atoms with Gasteiger partial charge in [0, 0.05) is 6.04 Å². The van der Waals surface area contributed by atoms with Crippen molar-refractivity contribution >= 4 is 12.0 Å². The Morgan fingerprint density at radius 2 is 2.10 bits per heavy atom. The molecule has 1 fully saturated rings. The number of methoxy groups -OCH3 is 2. The second kappa shape index (κ2) is 6.43. The molecule has 0 aromatic heterocycles. The Labute approximate surface area is 118 Å². The average Bonchev–Trinajstić information content (AvgIpc) is 2.93. The Bertz CT molecular complexity index is 513. The maximum absolute atomic E-state index is 11.1. The fraction of sp³-hybridized carbons (Fsp3) is 0.400. The van der Waals surface area contributed by atoms with E-state index in [0.717, 1.165) is 12.1 Å². The molecule has 20 heavy (non-hydrogen) atoms. The molecule has 1 aliphatic heterocycles. The highest BCUT2D eigenvalue weighted by molar-refractivity contribution is 5.72. The molecule has 2 unspecified atom stereocenters. The monoisotopic (exact) mass is 277 g/mol. The van der Waals surface area contributed by atoms with E-state index in [0.29, 0.717) is 17.9 Å². The number of rotatable bonds is 5. The van der Waals surface area contributed by atoms with Gasteiger partial charge in [-0.05, 0) is 30.7 Å². The Morgan fingerprint density at radius 3 is 2.75 bits per heavy atom. The minimum Gasteiger partial charge on any atom is -0.493 e. The summed E-state index contributed by atoms with van der Waals surface area (Å²) in [6, 6.07) is 5.47. The minimum atomic E-state index is -0.753. The van der Waals surface area contributed by atoms with Gasteiger partial charge in [-0.15, -0.1) is 0 Å². The Balaban J connectivity index is 2.13. The van der Waals surface area contributed by atoms with Crippen molar-refractivity contribution < 1.29 is 19.4 Å². The zero-order valence-electron chi connectivity index (χ0n) is 11.6. The highest BCUT2D eigenvalue weighted by Crippen LogP contribution is 2.28. The normalized spacial score (nSPS) is 22.1. The van der Waals surface area contributed by atoms with E-state index in [1.54, 1.807) is 14.2 Å². The molecule has 1 aliphatic rings. The lowest BCUT2D eigenvalue weighted by atomic mass is 10.00. The van der Waals surface area contributed by atoms with Crippen molar-refractivity contribution in [2.24, 2.45) is 5.92 Å². The van der Waals surface area contributed by atoms with Gasteiger partial charge >= 0.3 is 5.97 Å². The number of carbonyl (C=O) groups is 1. The number of carboxylic acid groups (broad SMARTS) is 1. The third-order valence-corrected chi connectivity index (χ3v) is 3.49. The quantitative estimate of drug-likeness (QED) is 0.858. The molecule has 0 saturated carbocycles. The number of aliphatic carboxylic acids is 1. The molecule has 2 N–H and O–H groups in total. The van der Waals surface area contributed by atoms with Gasteiger partial charge in [0.15, 0.2) is 11.5 Å². The van der Waals surface area contributed by atoms with Crippen LogP contribution in [0.4, 0.5) is 0 Å². The topological polar surface area (TPSA) is 67.8 Å². The van der Waals surface area contributed by atoms with Crippen LogP contribution in [0.15, 0.2) is 24.3 Å². The van der Waals surface area contributed by atoms with Crippen LogP contribution in [0.5, 0.6) is 11.5 Å². The summed E-state index contributed by atoms with van der Waals surface area (Å²) in [7, 11) is 3.18. The number of nitrogens with one attached hydrogen (secondary N) is 1. The minimum absolute atomic E-state index is 0.124. The van der Waals surface area contributed by atoms with Crippen LogP contribution in [0.3, 0.4) is 0 Å². The lowest BCUT2D eigenvalue weighted by molar-refractivity contribution is -0.141. The number of ether oxygens (including phenoxy) is 2. The maximum atomic E-state index is 11.1. The smallest absolute Gasteiger partial charge is 0.308 e. The zero-order valence-corrected chi connectivity index (χ0v) is 11.6. The van der Waals surface area contributed by atoms with Crippen molar-refractivity contribution in [3.05, 3.63) is 29.8 Å². The molecule has 108 valence electrons. The molecule has 1 heterocycles. The molecule has 0 radical (unpaired) electrons. The highest BCUT2D eigenvalue weighted by Gasteiger charge is 2.30. The Morgan fingerprint density at radius 1 is 1.35 bits per heavy atom. The number of carboxylic acids is 1. The van der Waals surface area contributed by atoms with E-state index in [2.05, 4.69) is 5.32 Å². The molecule has 1 aromatic rings. The molecule has 1 aromatic carbocycles. The van der Waals surface area contributed by atoms with Crippen LogP contribution in [0.1, 0.15) is 12.0 Å². The van der Waals surface area contributed by atoms with Crippen LogP contribution in [-0.4, -0.2) is 37.9 Å². The van der Waals surface area contributed by atoms with Gasteiger partial charge in [-0.1, -0.05) is 18.2 Å². The fourth-order valence-electron chi connectivity index (χ4n) is 2.38. The summed E-state index contributed by atoms with van der Waals surface area (Å²) in [5.74, 6) is 0.222. The largest absolute Gasteiger partial charge is 0.493 e. The molecule has 0 amide bonds. The van der Waals surface area contributed by atoms with Crippen molar-refractivity contribution in [3.8, 4) is 11.5 Å². The van der Waals surface area contributed by atoms with Gasteiger partial charge in [0.25, 0.3) is 0 Å². The van der Waals surface area contributed by atoms with Gasteiger partial charge in [0.1, 0.15) is 0 Å². The molecule has 5 heteroatoms. The molecule has 0 aliphatic carbocycles. The third-order valence-electron chi connectivity index (χ3n) is 3.49. The molecule has 2 atom stereocenters. The van der Waals surface area contributed by atoms with E-state index in [4.69, 9.17) is 14.6 Å². The lowest BCUT2D eigenvalue weighted by Gasteiger charge is -2.11. The molecule has 1 saturated heterocycles. The molecular formula is C15H19NO4. The SMILES string of the molecule is COc1ccc(/C=C/C2NCCC2C(=O)O)cc1OC. The summed E-state index contributed by atoms with van der Waals surface area (Å²) in [6.07, 6.45) is 4.46. The molecule has 0 bridgehead atoms. The van der Waals surface area contributed by atoms with Crippen LogP contribution in [-0.2, 0) is 4.79 Å². The summed E-state index contributed by atoms with van der Waals surface area (Å²) in [5.41, 5.74) is 0.945. The average molecular weight is 277 g/mol. The van der Waals surface area contributed by atoms with E-state index in [1.165, 1.54) is 0 Å². The van der Waals surface area contributed by atoms with E-state index in [-0.39, 0.29) is 12.0 Å². The molecule has 2 rings (SSSR count). The van der Waals surface area contributed by atoms with Crippen molar-refractivity contribution in [1.29, 1.82) is 0 Å². The highest BCUT2D eigenvalue weighted by atomic mass is 16.5. The van der Waals surface area contributed by atoms with Gasteiger partial charge in [-0.2, -0.15) is 0 Å². The second-order valence-corrected chi connectivity index (χ2v) is 4.69. The van der Waals surface area contributed by atoms with E-state index in [1.807, 2.05) is 30.4 Å². The summed E-state index contributed by atoms with van der Waals surface area (Å²) in [6.45, 7) is 0.734. The summed E-state index contributed by atoms with van der Waals surface area (Å²) in [5, 5.41) is 12.3. The van der Waals surface area contributed by atoms with Crippen LogP contribution in [0, 0.1) is 5.92 Å². The first-order valence-corrected chi connectivity index (χ1v) is 6.52. The predicted octanol–water partition coefficient (Wildman–Crippen LogP) is 1.78. The fourth-order valence-corrected chi connectivity index (χ4v) is 2.38. The molecule has 0 spiro atoms. The number of benzene rings is 1. The maximum Gasteiger partial charge on any atom is 0.308 e. The lowest BCUT2D eigenvalue weighted by Crippen LogP contribution is -2.29. The Hall–Kier alpha value is -2.01. The van der Waals surface area contributed by atoms with E-state index < -0.39 is 5.97 Å². The van der Waals surface area contributed by atoms with Gasteiger partial charge in [0.2, 0.25) is 0 Å². The van der Waals surface area contributed by atoms with Crippen molar-refractivity contribution in [2.45, 2.75) is 12.5 Å². The Kier molecular flexibility index (Phi) is 4.63. The van der Waals surface area contributed by atoms with Gasteiger partial charge in [-0.3, -0.25) is 4.79 Å². The van der Waals surface area contributed by atoms with Crippen molar-refractivity contribution in [1.82, 2.24) is 5.32 Å². The van der Waals surface area contributed by atoms with Crippen LogP contribution in [0.2, 0.25) is 0 Å². The first-order valence-electron chi connectivity index (χ1n) is 6.52. The summed E-state index contributed by atoms with van der Waals surface area (Å²) in [4.78, 5) is 11.1. The van der Waals surface area contributed by atoms with Crippen molar-refractivity contribution in [3.63, 3.8) is 0 Å². The number of hydrogen-bond donors (Lipinski definition) is 2. The van der Waals surface area contributed by atoms with Gasteiger partial charge in [-0.25, -0.2) is 0 Å². The van der Waals surface area contributed by atoms with Crippen LogP contribution >= 0.6 is 0 Å². The van der Waals surface area contributed by atoms with Gasteiger partial charge in [0.05, 0.1) is 20.1 Å². The second-order valence-electron chi connectivity index (χ2n) is 4.69. The summed E-state index contributed by atoms with van der Waals surface area (Å²) >= 11 is 0. The molecule has 5 nitrogen and oxygen atoms in total. The predicted molar refractivity (Wildman–Crippen MR) is 76.1 cm³/mol. The summed E-state index contributed by atoms with van der Waals surface area (Å²) < 4.78 is 10.4. The van der Waals surface area contributed by atoms with E-state index in [9.17, 15) is 4.79 Å². The number of hydrogen-bond acceptors (Lipinski definition) is 4. The zero-order chi connectivity index (χ0) is 14.5. The molecular weight excluding hydrogens is 258 g/mol. The van der Waals surface area contributed by atoms with E-state index >= 15 is 0 Å². The van der Waals surface area contributed by atoms with Gasteiger partial charge < -0.3 is 19.9 Å². The van der Waals surface area contributed by atoms with Crippen LogP contribution < -0.4 is 14.8 Å². The third kappa shape index (κ3) is 3.11.